The lowest BCUT2D eigenvalue weighted by Crippen LogP contribution is -2.61. The zero-order valence-corrected chi connectivity index (χ0v) is 40.2. The summed E-state index contributed by atoms with van der Waals surface area (Å²) < 4.78 is 6.61. The largest absolute Gasteiger partial charge is 0.456 e. The van der Waals surface area contributed by atoms with Gasteiger partial charge >= 0.3 is 0 Å². The molecule has 3 heterocycles. The van der Waals surface area contributed by atoms with Gasteiger partial charge in [0.1, 0.15) is 11.2 Å². The van der Waals surface area contributed by atoms with Crippen LogP contribution < -0.4 is 26.2 Å². The number of para-hydroxylation sites is 1. The van der Waals surface area contributed by atoms with Crippen LogP contribution in [0.25, 0.3) is 98.4 Å². The van der Waals surface area contributed by atoms with E-state index in [4.69, 9.17) is 4.42 Å². The Bertz CT molecular complexity index is 4370. The fraction of sp³-hybridized carbons (Fsp3) is 0. The maximum absolute atomic E-state index is 6.61. The molecule has 0 unspecified atom stereocenters. The SMILES string of the molecule is c1ccc(-c2ccc(N3c4cc5c(ccc6ccccc65)cc4B4c5cc6ccc7ccccc7c6cc5N(c5ccc(-c6ccccc6)cc5)c5cc(-c6ccc7c(c6)oc6ccccc67)cc3c54)cc2)cc1. The van der Waals surface area contributed by atoms with E-state index < -0.39 is 0 Å². The fourth-order valence-electron chi connectivity index (χ4n) is 12.5. The van der Waals surface area contributed by atoms with Crippen LogP contribution in [-0.2, 0) is 0 Å². The van der Waals surface area contributed by atoms with Crippen molar-refractivity contribution in [3.63, 3.8) is 0 Å². The van der Waals surface area contributed by atoms with Gasteiger partial charge in [-0.25, -0.2) is 0 Å². The first-order chi connectivity index (χ1) is 36.7. The normalized spacial score (nSPS) is 12.8. The molecule has 2 aliphatic heterocycles. The number of furan rings is 1. The van der Waals surface area contributed by atoms with E-state index in [0.29, 0.717) is 0 Å². The average molecular weight is 939 g/mol. The van der Waals surface area contributed by atoms with Crippen molar-refractivity contribution >= 4 is 122 Å². The fourth-order valence-corrected chi connectivity index (χ4v) is 12.5. The Morgan fingerprint density at radius 2 is 0.689 bits per heavy atom. The van der Waals surface area contributed by atoms with Crippen LogP contribution in [0.2, 0.25) is 0 Å². The number of hydrogen-bond donors (Lipinski definition) is 0. The maximum atomic E-state index is 6.61. The van der Waals surface area contributed by atoms with E-state index >= 15 is 0 Å². The zero-order valence-electron chi connectivity index (χ0n) is 40.2. The first kappa shape index (κ1) is 41.0. The quantitative estimate of drug-likeness (QED) is 0.127. The Kier molecular flexibility index (Phi) is 8.83. The van der Waals surface area contributed by atoms with Gasteiger partial charge in [-0.1, -0.05) is 194 Å². The van der Waals surface area contributed by atoms with Crippen molar-refractivity contribution in [2.45, 2.75) is 0 Å². The summed E-state index contributed by atoms with van der Waals surface area (Å²) >= 11 is 0. The third-order valence-electron chi connectivity index (χ3n) is 16.0. The molecular formula is C70H43BN2O. The van der Waals surface area contributed by atoms with E-state index in [1.54, 1.807) is 0 Å². The molecule has 0 fully saturated rings. The molecule has 1 aromatic heterocycles. The molecule has 4 heteroatoms. The molecular weight excluding hydrogens is 896 g/mol. The number of anilines is 6. The van der Waals surface area contributed by atoms with Gasteiger partial charge in [-0.2, -0.15) is 0 Å². The Balaban J connectivity index is 1.03. The monoisotopic (exact) mass is 938 g/mol. The molecule has 0 radical (unpaired) electrons. The van der Waals surface area contributed by atoms with E-state index in [2.05, 4.69) is 265 Å². The summed E-state index contributed by atoms with van der Waals surface area (Å²) in [6.45, 7) is -0.0941. The second kappa shape index (κ2) is 15.9. The van der Waals surface area contributed by atoms with Gasteiger partial charge in [0.05, 0.1) is 0 Å². The summed E-state index contributed by atoms with van der Waals surface area (Å²) in [5, 5.41) is 12.1. The van der Waals surface area contributed by atoms with Gasteiger partial charge in [-0.3, -0.25) is 0 Å². The molecule has 0 atom stereocenters. The number of hydrogen-bond acceptors (Lipinski definition) is 3. The molecule has 0 bridgehead atoms. The predicted octanol–water partition coefficient (Wildman–Crippen LogP) is 17.3. The van der Waals surface area contributed by atoms with Crippen molar-refractivity contribution in [1.82, 2.24) is 0 Å². The third kappa shape index (κ3) is 6.22. The molecule has 0 spiro atoms. The maximum Gasteiger partial charge on any atom is 0.252 e. The van der Waals surface area contributed by atoms with Crippen LogP contribution in [0.15, 0.2) is 265 Å². The van der Waals surface area contributed by atoms with Crippen molar-refractivity contribution in [2.75, 3.05) is 9.80 Å². The lowest BCUT2D eigenvalue weighted by atomic mass is 9.33. The Morgan fingerprint density at radius 1 is 0.257 bits per heavy atom. The first-order valence-corrected chi connectivity index (χ1v) is 25.6. The zero-order chi connectivity index (χ0) is 48.4. The number of fused-ring (bicyclic) bond motifs is 13. The van der Waals surface area contributed by atoms with Gasteiger partial charge < -0.3 is 14.2 Å². The van der Waals surface area contributed by atoms with Crippen LogP contribution in [0, 0.1) is 0 Å². The van der Waals surface area contributed by atoms with Crippen molar-refractivity contribution in [1.29, 1.82) is 0 Å². The number of benzene rings is 13. The van der Waals surface area contributed by atoms with E-state index in [-0.39, 0.29) is 6.71 Å². The molecule has 13 aromatic carbocycles. The van der Waals surface area contributed by atoms with Gasteiger partial charge in [0.15, 0.2) is 0 Å². The highest BCUT2D eigenvalue weighted by atomic mass is 16.3. The first-order valence-electron chi connectivity index (χ1n) is 25.6. The molecule has 74 heavy (non-hydrogen) atoms. The second-order valence-corrected chi connectivity index (χ2v) is 20.0. The summed E-state index contributed by atoms with van der Waals surface area (Å²) in [4.78, 5) is 5.11. The third-order valence-corrected chi connectivity index (χ3v) is 16.0. The van der Waals surface area contributed by atoms with Crippen molar-refractivity contribution in [3.05, 3.63) is 261 Å². The van der Waals surface area contributed by atoms with Crippen LogP contribution in [0.1, 0.15) is 0 Å². The minimum Gasteiger partial charge on any atom is -0.456 e. The van der Waals surface area contributed by atoms with E-state index in [1.165, 1.54) is 93.1 Å². The molecule has 2 aliphatic rings. The summed E-state index contributed by atoms with van der Waals surface area (Å²) in [6.07, 6.45) is 0. The Hall–Kier alpha value is -9.64. The Morgan fingerprint density at radius 3 is 1.23 bits per heavy atom. The van der Waals surface area contributed by atoms with Gasteiger partial charge in [0.25, 0.3) is 6.71 Å². The van der Waals surface area contributed by atoms with E-state index in [0.717, 1.165) is 55.8 Å². The molecule has 16 rings (SSSR count). The predicted molar refractivity (Wildman–Crippen MR) is 314 cm³/mol. The summed E-state index contributed by atoms with van der Waals surface area (Å²) in [7, 11) is 0. The van der Waals surface area contributed by atoms with Gasteiger partial charge in [-0.15, -0.1) is 0 Å². The smallest absolute Gasteiger partial charge is 0.252 e. The summed E-state index contributed by atoms with van der Waals surface area (Å²) in [5.41, 5.74) is 19.5. The minimum atomic E-state index is -0.0941. The van der Waals surface area contributed by atoms with E-state index in [9.17, 15) is 0 Å². The highest BCUT2D eigenvalue weighted by Crippen LogP contribution is 2.49. The summed E-state index contributed by atoms with van der Waals surface area (Å²) in [6, 6.07) is 96.6. The van der Waals surface area contributed by atoms with Crippen molar-refractivity contribution in [3.8, 4) is 33.4 Å². The van der Waals surface area contributed by atoms with Gasteiger partial charge in [-0.05, 0) is 160 Å². The van der Waals surface area contributed by atoms with Crippen LogP contribution in [-0.4, -0.2) is 6.71 Å². The summed E-state index contributed by atoms with van der Waals surface area (Å²) in [5.74, 6) is 0. The van der Waals surface area contributed by atoms with E-state index in [1.807, 2.05) is 6.07 Å². The van der Waals surface area contributed by atoms with Crippen molar-refractivity contribution in [2.24, 2.45) is 0 Å². The molecule has 0 saturated carbocycles. The van der Waals surface area contributed by atoms with Crippen LogP contribution in [0.4, 0.5) is 34.1 Å². The van der Waals surface area contributed by atoms with Crippen LogP contribution in [0.5, 0.6) is 0 Å². The average Bonchev–Trinajstić information content (AvgIpc) is 3.88. The van der Waals surface area contributed by atoms with Gasteiger partial charge in [0, 0.05) is 44.9 Å². The van der Waals surface area contributed by atoms with Crippen LogP contribution in [0.3, 0.4) is 0 Å². The Labute approximate surface area is 428 Å². The minimum absolute atomic E-state index is 0.0941. The molecule has 3 nitrogen and oxygen atoms in total. The highest BCUT2D eigenvalue weighted by Gasteiger charge is 2.44. The lowest BCUT2D eigenvalue weighted by Gasteiger charge is -2.45. The highest BCUT2D eigenvalue weighted by molar-refractivity contribution is 7.00. The van der Waals surface area contributed by atoms with Crippen LogP contribution >= 0.6 is 0 Å². The molecule has 0 saturated heterocycles. The molecule has 14 aromatic rings. The molecule has 0 aliphatic carbocycles. The standard InChI is InChI=1S/C70H43BN2O/c1-3-13-44(14-4-1)46-27-32-54(33-28-46)72-64-42-60-51(25-23-48-17-7-9-19-56(48)60)37-62(64)71-63-38-52-26-24-49-18-8-10-20-57(49)61(52)43-65(63)73(55-34-29-47(30-35-55)45-15-5-2-6-16-45)67-40-53(39-66(72)70(67)71)50-31-36-59-58-21-11-12-22-68(58)74-69(59)41-50/h1-43H. The topological polar surface area (TPSA) is 19.6 Å². The second-order valence-electron chi connectivity index (χ2n) is 20.0. The molecule has 0 N–H and O–H groups in total. The lowest BCUT2D eigenvalue weighted by molar-refractivity contribution is 0.669. The van der Waals surface area contributed by atoms with Crippen molar-refractivity contribution < 1.29 is 4.42 Å². The molecule has 0 amide bonds. The van der Waals surface area contributed by atoms with Gasteiger partial charge in [0.2, 0.25) is 0 Å². The molecule has 342 valence electrons. The number of nitrogens with zero attached hydrogens (tertiary/aromatic N) is 2. The number of rotatable bonds is 5.